The zero-order valence-corrected chi connectivity index (χ0v) is 12.7. The van der Waals surface area contributed by atoms with E-state index in [9.17, 15) is 18.3 Å². The van der Waals surface area contributed by atoms with E-state index >= 15 is 0 Å². The van der Waals surface area contributed by atoms with Gasteiger partial charge in [-0.3, -0.25) is 4.90 Å². The molecule has 1 saturated heterocycles. The molecule has 1 aliphatic heterocycles. The molecule has 6 heteroatoms. The summed E-state index contributed by atoms with van der Waals surface area (Å²) in [6, 6.07) is 5.23. The average molecular weight is 317 g/mol. The number of alkyl halides is 3. The second-order valence-electron chi connectivity index (χ2n) is 5.84. The molecule has 0 bridgehead atoms. The lowest BCUT2D eigenvalue weighted by Gasteiger charge is -2.23. The van der Waals surface area contributed by atoms with Crippen LogP contribution in [0.1, 0.15) is 31.7 Å². The minimum absolute atomic E-state index is 0.141. The molecule has 1 N–H and O–H groups in total. The molecule has 2 rings (SSSR count). The van der Waals surface area contributed by atoms with Gasteiger partial charge in [-0.05, 0) is 25.0 Å². The fourth-order valence-electron chi connectivity index (χ4n) is 2.91. The highest BCUT2D eigenvalue weighted by molar-refractivity contribution is 5.35. The molecule has 124 valence electrons. The van der Waals surface area contributed by atoms with Gasteiger partial charge in [0.15, 0.2) is 0 Å². The normalized spacial score (nSPS) is 23.0. The van der Waals surface area contributed by atoms with E-state index in [0.717, 1.165) is 25.5 Å². The summed E-state index contributed by atoms with van der Waals surface area (Å²) in [5.41, 5.74) is -1.41. The highest BCUT2D eigenvalue weighted by atomic mass is 19.4. The minimum Gasteiger partial charge on any atom is -0.492 e. The zero-order chi connectivity index (χ0) is 16.2. The molecule has 1 atom stereocenters. The molecule has 1 unspecified atom stereocenters. The highest BCUT2D eigenvalue weighted by Crippen LogP contribution is 2.35. The first kappa shape index (κ1) is 17.1. The first-order valence-corrected chi connectivity index (χ1v) is 7.58. The number of nitrogens with zero attached hydrogens (tertiary/aromatic N) is 1. The zero-order valence-electron chi connectivity index (χ0n) is 12.7. The van der Waals surface area contributed by atoms with Crippen LogP contribution < -0.4 is 4.74 Å². The van der Waals surface area contributed by atoms with Gasteiger partial charge in [-0.15, -0.1) is 0 Å². The van der Waals surface area contributed by atoms with Crippen LogP contribution in [0, 0.1) is 0 Å². The van der Waals surface area contributed by atoms with Crippen molar-refractivity contribution in [2.24, 2.45) is 0 Å². The molecule has 3 nitrogen and oxygen atoms in total. The Bertz CT molecular complexity index is 493. The van der Waals surface area contributed by atoms with E-state index in [-0.39, 0.29) is 12.4 Å². The van der Waals surface area contributed by atoms with Crippen molar-refractivity contribution in [1.82, 2.24) is 4.90 Å². The van der Waals surface area contributed by atoms with Crippen LogP contribution in [-0.4, -0.2) is 41.8 Å². The summed E-state index contributed by atoms with van der Waals surface area (Å²) in [5, 5.41) is 10.3. The Morgan fingerprint density at radius 2 is 2.05 bits per heavy atom. The SMILES string of the molecule is CCCC1(O)CCN(CCOc2ccccc2C(F)(F)F)C1. The fraction of sp³-hybridized carbons (Fsp3) is 0.625. The first-order chi connectivity index (χ1) is 10.3. The Kier molecular flexibility index (Phi) is 5.34. The highest BCUT2D eigenvalue weighted by Gasteiger charge is 2.35. The summed E-state index contributed by atoms with van der Waals surface area (Å²) >= 11 is 0. The number of para-hydroxylation sites is 1. The van der Waals surface area contributed by atoms with Crippen molar-refractivity contribution in [3.05, 3.63) is 29.8 Å². The van der Waals surface area contributed by atoms with E-state index in [4.69, 9.17) is 4.74 Å². The lowest BCUT2D eigenvalue weighted by molar-refractivity contribution is -0.139. The van der Waals surface area contributed by atoms with E-state index in [0.29, 0.717) is 19.5 Å². The molecular weight excluding hydrogens is 295 g/mol. The summed E-state index contributed by atoms with van der Waals surface area (Å²) in [5.74, 6) is -0.141. The molecule has 1 aromatic carbocycles. The second-order valence-corrected chi connectivity index (χ2v) is 5.84. The van der Waals surface area contributed by atoms with Crippen LogP contribution in [-0.2, 0) is 6.18 Å². The summed E-state index contributed by atoms with van der Waals surface area (Å²) < 4.78 is 43.8. The van der Waals surface area contributed by atoms with Gasteiger partial charge in [-0.25, -0.2) is 0 Å². The molecule has 22 heavy (non-hydrogen) atoms. The van der Waals surface area contributed by atoms with Gasteiger partial charge in [0.1, 0.15) is 12.4 Å². The Hall–Kier alpha value is -1.27. The topological polar surface area (TPSA) is 32.7 Å². The van der Waals surface area contributed by atoms with Crippen LogP contribution in [0.2, 0.25) is 0 Å². The predicted octanol–water partition coefficient (Wildman–Crippen LogP) is 3.32. The van der Waals surface area contributed by atoms with Crippen molar-refractivity contribution in [2.45, 2.75) is 38.0 Å². The molecule has 1 aliphatic rings. The quantitative estimate of drug-likeness (QED) is 0.873. The summed E-state index contributed by atoms with van der Waals surface area (Å²) in [6.45, 7) is 4.03. The first-order valence-electron chi connectivity index (χ1n) is 7.58. The third-order valence-corrected chi connectivity index (χ3v) is 3.98. The van der Waals surface area contributed by atoms with Gasteiger partial charge in [-0.1, -0.05) is 25.5 Å². The molecule has 1 aromatic rings. The van der Waals surface area contributed by atoms with Crippen LogP contribution in [0.3, 0.4) is 0 Å². The van der Waals surface area contributed by atoms with E-state index in [2.05, 4.69) is 0 Å². The second kappa shape index (κ2) is 6.87. The molecule has 0 radical (unpaired) electrons. The molecule has 1 heterocycles. The van der Waals surface area contributed by atoms with E-state index < -0.39 is 17.3 Å². The van der Waals surface area contributed by atoms with Crippen LogP contribution in [0.15, 0.2) is 24.3 Å². The summed E-state index contributed by atoms with van der Waals surface area (Å²) in [6.07, 6.45) is -2.04. The largest absolute Gasteiger partial charge is 0.492 e. The van der Waals surface area contributed by atoms with E-state index in [1.807, 2.05) is 11.8 Å². The van der Waals surface area contributed by atoms with Crippen molar-refractivity contribution < 1.29 is 23.0 Å². The van der Waals surface area contributed by atoms with Crippen molar-refractivity contribution in [3.8, 4) is 5.75 Å². The molecule has 1 fully saturated rings. The van der Waals surface area contributed by atoms with Gasteiger partial charge in [0.2, 0.25) is 0 Å². The number of ether oxygens (including phenoxy) is 1. The molecule has 0 saturated carbocycles. The maximum atomic E-state index is 12.8. The van der Waals surface area contributed by atoms with Gasteiger partial charge < -0.3 is 9.84 Å². The van der Waals surface area contributed by atoms with Crippen molar-refractivity contribution in [3.63, 3.8) is 0 Å². The number of likely N-dealkylation sites (tertiary alicyclic amines) is 1. The smallest absolute Gasteiger partial charge is 0.419 e. The Labute approximate surface area is 128 Å². The molecule has 0 spiro atoms. The number of benzene rings is 1. The Morgan fingerprint density at radius 3 is 2.73 bits per heavy atom. The van der Waals surface area contributed by atoms with Crippen molar-refractivity contribution >= 4 is 0 Å². The third kappa shape index (κ3) is 4.36. The third-order valence-electron chi connectivity index (χ3n) is 3.98. The maximum absolute atomic E-state index is 12.8. The molecular formula is C16H22F3NO2. The van der Waals surface area contributed by atoms with E-state index in [1.54, 1.807) is 0 Å². The lowest BCUT2D eigenvalue weighted by Crippen LogP contribution is -2.34. The molecule has 0 aliphatic carbocycles. The summed E-state index contributed by atoms with van der Waals surface area (Å²) in [4.78, 5) is 2.03. The van der Waals surface area contributed by atoms with Crippen LogP contribution in [0.5, 0.6) is 5.75 Å². The Morgan fingerprint density at radius 1 is 1.32 bits per heavy atom. The number of hydrogen-bond donors (Lipinski definition) is 1. The average Bonchev–Trinajstić information content (AvgIpc) is 2.80. The number of halogens is 3. The van der Waals surface area contributed by atoms with Gasteiger partial charge in [-0.2, -0.15) is 13.2 Å². The van der Waals surface area contributed by atoms with Gasteiger partial charge in [0.05, 0.1) is 11.2 Å². The van der Waals surface area contributed by atoms with Crippen molar-refractivity contribution in [1.29, 1.82) is 0 Å². The lowest BCUT2D eigenvalue weighted by atomic mass is 9.98. The van der Waals surface area contributed by atoms with Crippen molar-refractivity contribution in [2.75, 3.05) is 26.2 Å². The monoisotopic (exact) mass is 317 g/mol. The van der Waals surface area contributed by atoms with Gasteiger partial charge in [0, 0.05) is 19.6 Å². The standard InChI is InChI=1S/C16H22F3NO2/c1-2-7-15(21)8-9-20(12-15)10-11-22-14-6-4-3-5-13(14)16(17,18)19/h3-6,21H,2,7-12H2,1H3. The minimum atomic E-state index is -4.41. The van der Waals surface area contributed by atoms with Gasteiger partial charge >= 0.3 is 6.18 Å². The predicted molar refractivity (Wildman–Crippen MR) is 77.9 cm³/mol. The maximum Gasteiger partial charge on any atom is 0.419 e. The number of aliphatic hydroxyl groups is 1. The molecule has 0 amide bonds. The number of hydrogen-bond acceptors (Lipinski definition) is 3. The van der Waals surface area contributed by atoms with Gasteiger partial charge in [0.25, 0.3) is 0 Å². The van der Waals surface area contributed by atoms with E-state index in [1.165, 1.54) is 18.2 Å². The van der Waals surface area contributed by atoms with Crippen LogP contribution in [0.4, 0.5) is 13.2 Å². The number of rotatable bonds is 6. The van der Waals surface area contributed by atoms with Crippen LogP contribution >= 0.6 is 0 Å². The van der Waals surface area contributed by atoms with Crippen LogP contribution in [0.25, 0.3) is 0 Å². The fourth-order valence-corrected chi connectivity index (χ4v) is 2.91. The Balaban J connectivity index is 1.86. The molecule has 0 aromatic heterocycles. The number of β-amino-alcohol motifs (C(OH)–C–C–N with tert-alkyl or cyclic N) is 1. The summed E-state index contributed by atoms with van der Waals surface area (Å²) in [7, 11) is 0.